The van der Waals surface area contributed by atoms with Gasteiger partial charge in [-0.1, -0.05) is 58.7 Å². The van der Waals surface area contributed by atoms with Gasteiger partial charge in [-0.2, -0.15) is 0 Å². The van der Waals surface area contributed by atoms with Gasteiger partial charge in [0.15, 0.2) is 5.84 Å². The minimum absolute atomic E-state index is 0.00100. The molecule has 4 nitrogen and oxygen atoms in total. The zero-order chi connectivity index (χ0) is 18.5. The molecular weight excluding hydrogens is 378 g/mol. The second kappa shape index (κ2) is 8.52. The minimum Gasteiger partial charge on any atom is -0.394 e. The van der Waals surface area contributed by atoms with Gasteiger partial charge in [-0.15, -0.1) is 0 Å². The Bertz CT molecular complexity index is 824. The first-order chi connectivity index (χ1) is 12.5. The maximum absolute atomic E-state index is 13.9. The molecular formula is C19H17Cl2FN2O2. The normalized spacial score (nSPS) is 14.2. The molecule has 0 saturated heterocycles. The van der Waals surface area contributed by atoms with Crippen LogP contribution < -0.4 is 5.32 Å². The van der Waals surface area contributed by atoms with Crippen LogP contribution in [0.4, 0.5) is 4.39 Å². The molecule has 2 aromatic carbocycles. The van der Waals surface area contributed by atoms with Crippen molar-refractivity contribution in [2.45, 2.75) is 19.3 Å². The number of benzene rings is 2. The van der Waals surface area contributed by atoms with Crippen molar-refractivity contribution >= 4 is 34.9 Å². The summed E-state index contributed by atoms with van der Waals surface area (Å²) in [6, 6.07) is 11.7. The van der Waals surface area contributed by atoms with Crippen molar-refractivity contribution in [1.82, 2.24) is 5.32 Å². The van der Waals surface area contributed by atoms with E-state index in [-0.39, 0.29) is 33.8 Å². The van der Waals surface area contributed by atoms with Gasteiger partial charge in [0.2, 0.25) is 5.91 Å². The Labute approximate surface area is 160 Å². The number of nitrogens with zero attached hydrogens (tertiary/aromatic N) is 1. The highest BCUT2D eigenvalue weighted by atomic mass is 35.5. The van der Waals surface area contributed by atoms with E-state index in [2.05, 4.69) is 10.5 Å². The highest BCUT2D eigenvalue weighted by Gasteiger charge is 2.23. The number of hydrogen-bond acceptors (Lipinski definition) is 3. The first-order valence-electron chi connectivity index (χ1n) is 8.22. The quantitative estimate of drug-likeness (QED) is 0.337. The fourth-order valence-electron chi connectivity index (χ4n) is 2.32. The Balaban J connectivity index is 1.81. The number of amides is 1. The Morgan fingerprint density at radius 1 is 1.19 bits per heavy atom. The summed E-state index contributed by atoms with van der Waals surface area (Å²) in [6.07, 6.45) is 2.31. The topological polar surface area (TPSA) is 50.7 Å². The Morgan fingerprint density at radius 2 is 1.92 bits per heavy atom. The fraction of sp³-hybridized carbons (Fsp3) is 0.263. The molecule has 1 N–H and O–H groups in total. The van der Waals surface area contributed by atoms with Crippen LogP contribution in [0.25, 0.3) is 0 Å². The second-order valence-corrected chi connectivity index (χ2v) is 6.89. The van der Waals surface area contributed by atoms with Gasteiger partial charge in [0, 0.05) is 0 Å². The largest absolute Gasteiger partial charge is 0.394 e. The summed E-state index contributed by atoms with van der Waals surface area (Å²) in [7, 11) is 0. The van der Waals surface area contributed by atoms with Gasteiger partial charge < -0.3 is 10.2 Å². The molecule has 0 unspecified atom stereocenters. The van der Waals surface area contributed by atoms with E-state index in [4.69, 9.17) is 28.0 Å². The van der Waals surface area contributed by atoms with Crippen LogP contribution in [0.3, 0.4) is 0 Å². The number of hydrogen-bond donors (Lipinski definition) is 1. The van der Waals surface area contributed by atoms with Gasteiger partial charge in [0.1, 0.15) is 12.4 Å². The van der Waals surface area contributed by atoms with Crippen molar-refractivity contribution < 1.29 is 14.0 Å². The molecule has 0 spiro atoms. The lowest BCUT2D eigenvalue weighted by atomic mass is 10.1. The summed E-state index contributed by atoms with van der Waals surface area (Å²) >= 11 is 12.2. The Morgan fingerprint density at radius 3 is 2.62 bits per heavy atom. The average Bonchev–Trinajstić information content (AvgIpc) is 3.43. The van der Waals surface area contributed by atoms with Gasteiger partial charge in [-0.3, -0.25) is 4.79 Å². The monoisotopic (exact) mass is 394 g/mol. The zero-order valence-corrected chi connectivity index (χ0v) is 15.4. The van der Waals surface area contributed by atoms with E-state index in [9.17, 15) is 9.18 Å². The van der Waals surface area contributed by atoms with Crippen LogP contribution in [0.1, 0.15) is 24.0 Å². The van der Waals surface area contributed by atoms with E-state index in [1.165, 1.54) is 6.07 Å². The third kappa shape index (κ3) is 4.96. The molecule has 1 aliphatic rings. The highest BCUT2D eigenvalue weighted by molar-refractivity contribution is 6.40. The molecule has 1 saturated carbocycles. The summed E-state index contributed by atoms with van der Waals surface area (Å²) in [5.41, 5.74) is 0.935. The van der Waals surface area contributed by atoms with Crippen molar-refractivity contribution in [3.05, 3.63) is 69.5 Å². The van der Waals surface area contributed by atoms with Gasteiger partial charge in [-0.05, 0) is 36.5 Å². The lowest BCUT2D eigenvalue weighted by Crippen LogP contribution is -2.33. The first-order valence-corrected chi connectivity index (χ1v) is 8.98. The van der Waals surface area contributed by atoms with Gasteiger partial charge >= 0.3 is 0 Å². The molecule has 0 radical (unpaired) electrons. The van der Waals surface area contributed by atoms with Crippen LogP contribution in [0.2, 0.25) is 10.0 Å². The van der Waals surface area contributed by atoms with E-state index in [1.807, 2.05) is 30.3 Å². The predicted octanol–water partition coefficient (Wildman–Crippen LogP) is 4.58. The maximum atomic E-state index is 13.9. The van der Waals surface area contributed by atoms with Crippen molar-refractivity contribution in [3.63, 3.8) is 0 Å². The fourth-order valence-corrected chi connectivity index (χ4v) is 2.87. The van der Waals surface area contributed by atoms with Crippen LogP contribution in [0.15, 0.2) is 47.6 Å². The molecule has 1 aliphatic carbocycles. The van der Waals surface area contributed by atoms with Crippen LogP contribution in [0, 0.1) is 11.7 Å². The molecule has 26 heavy (non-hydrogen) atoms. The van der Waals surface area contributed by atoms with E-state index in [0.29, 0.717) is 12.5 Å². The predicted molar refractivity (Wildman–Crippen MR) is 99.9 cm³/mol. The molecule has 0 aliphatic heterocycles. The standard InChI is InChI=1S/C19H17Cl2FN2O2/c20-14-8-9-15(22)18(21)17(14)19(24-26-11-13-6-7-13)23-16(25)10-12-4-2-1-3-5-12/h1-5,8-9,13H,6-7,10-11H2,(H,23,24,25). The molecule has 0 atom stereocenters. The van der Waals surface area contributed by atoms with Gasteiger partial charge in [0.25, 0.3) is 0 Å². The Kier molecular flexibility index (Phi) is 6.12. The van der Waals surface area contributed by atoms with E-state index < -0.39 is 5.82 Å². The molecule has 0 heterocycles. The molecule has 7 heteroatoms. The summed E-state index contributed by atoms with van der Waals surface area (Å²) in [5.74, 6) is -0.515. The number of halogens is 3. The minimum atomic E-state index is -0.654. The molecule has 0 aromatic heterocycles. The summed E-state index contributed by atoms with van der Waals surface area (Å²) in [4.78, 5) is 17.7. The van der Waals surface area contributed by atoms with Crippen molar-refractivity contribution in [2.24, 2.45) is 11.1 Å². The molecule has 136 valence electrons. The third-order valence-electron chi connectivity index (χ3n) is 3.91. The molecule has 3 rings (SSSR count). The lowest BCUT2D eigenvalue weighted by molar-refractivity contribution is -0.119. The summed E-state index contributed by atoms with van der Waals surface area (Å²) in [6.45, 7) is 0.433. The third-order valence-corrected chi connectivity index (χ3v) is 4.59. The first kappa shape index (κ1) is 18.7. The van der Waals surface area contributed by atoms with E-state index in [0.717, 1.165) is 24.5 Å². The number of amidine groups is 1. The highest BCUT2D eigenvalue weighted by Crippen LogP contribution is 2.30. The van der Waals surface area contributed by atoms with Crippen LogP contribution >= 0.6 is 23.2 Å². The average molecular weight is 395 g/mol. The Hall–Kier alpha value is -2.11. The smallest absolute Gasteiger partial charge is 0.230 e. The SMILES string of the molecule is O=C(Cc1ccccc1)NC(=NOCC1CC1)c1c(Cl)ccc(F)c1Cl. The maximum Gasteiger partial charge on any atom is 0.230 e. The number of carbonyl (C=O) groups is 1. The number of nitrogens with one attached hydrogen (secondary N) is 1. The number of carbonyl (C=O) groups excluding carboxylic acids is 1. The van der Waals surface area contributed by atoms with Crippen molar-refractivity contribution in [1.29, 1.82) is 0 Å². The molecule has 0 bridgehead atoms. The molecule has 2 aromatic rings. The van der Waals surface area contributed by atoms with Crippen molar-refractivity contribution in [3.8, 4) is 0 Å². The van der Waals surface area contributed by atoms with Crippen LogP contribution in [0.5, 0.6) is 0 Å². The number of rotatable bonds is 6. The van der Waals surface area contributed by atoms with Crippen LogP contribution in [-0.4, -0.2) is 18.3 Å². The molecule has 1 amide bonds. The van der Waals surface area contributed by atoms with Crippen LogP contribution in [-0.2, 0) is 16.1 Å². The zero-order valence-electron chi connectivity index (χ0n) is 13.8. The van der Waals surface area contributed by atoms with Gasteiger partial charge in [0.05, 0.1) is 22.0 Å². The number of oxime groups is 1. The summed E-state index contributed by atoms with van der Waals surface area (Å²) in [5, 5.41) is 6.56. The second-order valence-electron chi connectivity index (χ2n) is 6.11. The van der Waals surface area contributed by atoms with E-state index in [1.54, 1.807) is 0 Å². The lowest BCUT2D eigenvalue weighted by Gasteiger charge is -2.12. The van der Waals surface area contributed by atoms with Crippen molar-refractivity contribution in [2.75, 3.05) is 6.61 Å². The van der Waals surface area contributed by atoms with E-state index >= 15 is 0 Å². The molecule has 1 fully saturated rings. The summed E-state index contributed by atoms with van der Waals surface area (Å²) < 4.78 is 13.9. The van der Waals surface area contributed by atoms with Gasteiger partial charge in [-0.25, -0.2) is 4.39 Å².